The zero-order valence-corrected chi connectivity index (χ0v) is 13.6. The fraction of sp³-hybridized carbons (Fsp3) is 0.0556. The van der Waals surface area contributed by atoms with E-state index in [1.165, 1.54) is 23.9 Å². The molecule has 0 atom stereocenters. The van der Waals surface area contributed by atoms with Crippen LogP contribution in [0.1, 0.15) is 0 Å². The van der Waals surface area contributed by atoms with E-state index in [2.05, 4.69) is 19.9 Å². The van der Waals surface area contributed by atoms with E-state index >= 15 is 0 Å². The van der Waals surface area contributed by atoms with Gasteiger partial charge in [0, 0.05) is 23.5 Å². The summed E-state index contributed by atoms with van der Waals surface area (Å²) in [5.74, 6) is -0.264. The summed E-state index contributed by atoms with van der Waals surface area (Å²) < 4.78 is 13.3. The molecule has 0 unspecified atom stereocenters. The average molecular weight is 336 g/mol. The van der Waals surface area contributed by atoms with Crippen LogP contribution in [0.3, 0.4) is 0 Å². The Morgan fingerprint density at radius 3 is 2.46 bits per heavy atom. The predicted molar refractivity (Wildman–Crippen MR) is 94.3 cm³/mol. The number of thioether (sulfide) groups is 1. The fourth-order valence-corrected chi connectivity index (χ4v) is 3.01. The standard InChI is InChI=1S/C18H13FN4S/c1-24-14-10-21-17-15(11-2-4-13(19)5-3-11)16(23-18(17)22-14)12-6-8-20-9-7-12/h2-10H,1H3,(H,22,23). The molecule has 4 rings (SSSR count). The number of aromatic amines is 1. The van der Waals surface area contributed by atoms with Crippen LogP contribution in [0.15, 0.2) is 60.0 Å². The Hall–Kier alpha value is -2.73. The van der Waals surface area contributed by atoms with Gasteiger partial charge in [-0.1, -0.05) is 12.1 Å². The van der Waals surface area contributed by atoms with E-state index in [1.807, 2.05) is 18.4 Å². The maximum Gasteiger partial charge on any atom is 0.158 e. The average Bonchev–Trinajstić information content (AvgIpc) is 3.01. The first-order valence-corrected chi connectivity index (χ1v) is 8.58. The number of hydrogen-bond acceptors (Lipinski definition) is 4. The normalized spacial score (nSPS) is 11.1. The van der Waals surface area contributed by atoms with Crippen LogP contribution in [0.2, 0.25) is 0 Å². The molecule has 0 bridgehead atoms. The number of aromatic nitrogens is 4. The topological polar surface area (TPSA) is 54.5 Å². The highest BCUT2D eigenvalue weighted by Gasteiger charge is 2.17. The van der Waals surface area contributed by atoms with E-state index in [0.29, 0.717) is 5.65 Å². The first-order valence-electron chi connectivity index (χ1n) is 7.35. The molecule has 0 aliphatic carbocycles. The number of hydrogen-bond donors (Lipinski definition) is 1. The number of nitrogens with one attached hydrogen (secondary N) is 1. The van der Waals surface area contributed by atoms with Crippen molar-refractivity contribution in [3.63, 3.8) is 0 Å². The lowest BCUT2D eigenvalue weighted by Crippen LogP contribution is -1.86. The second-order valence-corrected chi connectivity index (χ2v) is 6.05. The van der Waals surface area contributed by atoms with Gasteiger partial charge >= 0.3 is 0 Å². The molecule has 24 heavy (non-hydrogen) atoms. The molecule has 1 N–H and O–H groups in total. The fourth-order valence-electron chi connectivity index (χ4n) is 2.67. The molecule has 1 aromatic carbocycles. The van der Waals surface area contributed by atoms with Gasteiger partial charge in [-0.25, -0.2) is 14.4 Å². The molecule has 0 saturated carbocycles. The van der Waals surface area contributed by atoms with Crippen molar-refractivity contribution in [1.29, 1.82) is 0 Å². The van der Waals surface area contributed by atoms with Gasteiger partial charge in [-0.3, -0.25) is 4.98 Å². The molecule has 0 amide bonds. The van der Waals surface area contributed by atoms with Gasteiger partial charge in [-0.05, 0) is 36.1 Å². The van der Waals surface area contributed by atoms with Crippen molar-refractivity contribution < 1.29 is 4.39 Å². The second kappa shape index (κ2) is 6.05. The highest BCUT2D eigenvalue weighted by atomic mass is 32.2. The summed E-state index contributed by atoms with van der Waals surface area (Å²) in [5, 5.41) is 0.843. The third kappa shape index (κ3) is 2.55. The molecular formula is C18H13FN4S. The van der Waals surface area contributed by atoms with Crippen LogP contribution in [0, 0.1) is 5.82 Å². The van der Waals surface area contributed by atoms with Crippen LogP contribution < -0.4 is 0 Å². The number of benzene rings is 1. The molecular weight excluding hydrogens is 323 g/mol. The van der Waals surface area contributed by atoms with Gasteiger partial charge in [0.2, 0.25) is 0 Å². The van der Waals surface area contributed by atoms with Gasteiger partial charge in [0.25, 0.3) is 0 Å². The summed E-state index contributed by atoms with van der Waals surface area (Å²) in [4.78, 5) is 16.6. The number of H-pyrrole nitrogens is 1. The molecule has 4 aromatic rings. The zero-order chi connectivity index (χ0) is 16.5. The smallest absolute Gasteiger partial charge is 0.158 e. The van der Waals surface area contributed by atoms with Gasteiger partial charge in [-0.15, -0.1) is 11.8 Å². The second-order valence-electron chi connectivity index (χ2n) is 5.23. The molecule has 3 aromatic heterocycles. The number of pyridine rings is 1. The first-order chi connectivity index (χ1) is 11.8. The van der Waals surface area contributed by atoms with Crippen molar-refractivity contribution in [2.75, 3.05) is 6.26 Å². The van der Waals surface area contributed by atoms with Crippen molar-refractivity contribution in [3.05, 3.63) is 60.8 Å². The SMILES string of the molecule is CSc1cnc2c(-c3ccc(F)cc3)c(-c3ccncc3)[nH]c2n1. The van der Waals surface area contributed by atoms with Gasteiger partial charge in [0.1, 0.15) is 16.4 Å². The number of nitrogens with zero attached hydrogens (tertiary/aromatic N) is 3. The third-order valence-electron chi connectivity index (χ3n) is 3.79. The minimum absolute atomic E-state index is 0.264. The summed E-state index contributed by atoms with van der Waals surface area (Å²) in [7, 11) is 0. The molecule has 118 valence electrons. The summed E-state index contributed by atoms with van der Waals surface area (Å²) in [5.41, 5.74) is 5.17. The Balaban J connectivity index is 2.02. The first kappa shape index (κ1) is 14.8. The van der Waals surface area contributed by atoms with E-state index in [0.717, 1.165) is 32.9 Å². The molecule has 4 nitrogen and oxygen atoms in total. The Kier molecular flexibility index (Phi) is 3.74. The number of halogens is 1. The van der Waals surface area contributed by atoms with Crippen LogP contribution in [-0.2, 0) is 0 Å². The minimum atomic E-state index is -0.264. The van der Waals surface area contributed by atoms with Crippen molar-refractivity contribution in [1.82, 2.24) is 19.9 Å². The highest BCUT2D eigenvalue weighted by molar-refractivity contribution is 7.98. The van der Waals surface area contributed by atoms with Crippen molar-refractivity contribution >= 4 is 22.9 Å². The number of fused-ring (bicyclic) bond motifs is 1. The quantitative estimate of drug-likeness (QED) is 0.558. The lowest BCUT2D eigenvalue weighted by Gasteiger charge is -2.05. The zero-order valence-electron chi connectivity index (χ0n) is 12.8. The predicted octanol–water partition coefficient (Wildman–Crippen LogP) is 4.55. The molecule has 6 heteroatoms. The van der Waals surface area contributed by atoms with E-state index in [4.69, 9.17) is 0 Å². The van der Waals surface area contributed by atoms with Gasteiger partial charge in [0.05, 0.1) is 11.9 Å². The lowest BCUT2D eigenvalue weighted by molar-refractivity contribution is 0.628. The summed E-state index contributed by atoms with van der Waals surface area (Å²) in [6, 6.07) is 10.3. The summed E-state index contributed by atoms with van der Waals surface area (Å²) in [6.45, 7) is 0. The van der Waals surface area contributed by atoms with Crippen LogP contribution in [0.4, 0.5) is 4.39 Å². The van der Waals surface area contributed by atoms with Crippen LogP contribution >= 0.6 is 11.8 Å². The molecule has 0 radical (unpaired) electrons. The van der Waals surface area contributed by atoms with Crippen LogP contribution in [0.25, 0.3) is 33.5 Å². The molecule has 0 spiro atoms. The Morgan fingerprint density at radius 2 is 1.75 bits per heavy atom. The maximum atomic E-state index is 13.3. The summed E-state index contributed by atoms with van der Waals surface area (Å²) >= 11 is 1.54. The molecule has 0 fully saturated rings. The molecule has 0 aliphatic rings. The van der Waals surface area contributed by atoms with Gasteiger partial charge in [0.15, 0.2) is 5.65 Å². The lowest BCUT2D eigenvalue weighted by atomic mass is 10.0. The van der Waals surface area contributed by atoms with Crippen molar-refractivity contribution in [3.8, 4) is 22.4 Å². The van der Waals surface area contributed by atoms with E-state index in [-0.39, 0.29) is 5.82 Å². The van der Waals surface area contributed by atoms with Crippen molar-refractivity contribution in [2.24, 2.45) is 0 Å². The van der Waals surface area contributed by atoms with Crippen LogP contribution in [-0.4, -0.2) is 26.2 Å². The highest BCUT2D eigenvalue weighted by Crippen LogP contribution is 2.37. The van der Waals surface area contributed by atoms with E-state index < -0.39 is 0 Å². The Bertz CT molecular complexity index is 997. The third-order valence-corrected chi connectivity index (χ3v) is 4.41. The molecule has 0 saturated heterocycles. The van der Waals surface area contributed by atoms with E-state index in [1.54, 1.807) is 30.7 Å². The minimum Gasteiger partial charge on any atom is -0.337 e. The van der Waals surface area contributed by atoms with Crippen LogP contribution in [0.5, 0.6) is 0 Å². The molecule has 0 aliphatic heterocycles. The Morgan fingerprint density at radius 1 is 1.00 bits per heavy atom. The number of rotatable bonds is 3. The van der Waals surface area contributed by atoms with Gasteiger partial charge < -0.3 is 4.98 Å². The van der Waals surface area contributed by atoms with E-state index in [9.17, 15) is 4.39 Å². The molecule has 3 heterocycles. The summed E-state index contributed by atoms with van der Waals surface area (Å²) in [6.07, 6.45) is 7.20. The van der Waals surface area contributed by atoms with Crippen molar-refractivity contribution in [2.45, 2.75) is 5.03 Å². The monoisotopic (exact) mass is 336 g/mol. The van der Waals surface area contributed by atoms with Gasteiger partial charge in [-0.2, -0.15) is 0 Å². The maximum absolute atomic E-state index is 13.3. The largest absolute Gasteiger partial charge is 0.337 e. The Labute approximate surface area is 142 Å².